The molecule has 102 valence electrons. The maximum atomic E-state index is 5.25. The molecule has 2 nitrogen and oxygen atoms in total. The topological polar surface area (TPSA) is 21.3 Å². The zero-order chi connectivity index (χ0) is 12.7. The molecule has 17 heavy (non-hydrogen) atoms. The molecular formula is C15H31NO. The van der Waals surface area contributed by atoms with Crippen LogP contribution >= 0.6 is 0 Å². The molecule has 0 aromatic rings. The van der Waals surface area contributed by atoms with E-state index in [1.807, 2.05) is 7.11 Å². The largest absolute Gasteiger partial charge is 0.385 e. The molecule has 1 N–H and O–H groups in total. The van der Waals surface area contributed by atoms with Crippen LogP contribution in [0.5, 0.6) is 0 Å². The van der Waals surface area contributed by atoms with E-state index in [1.54, 1.807) is 0 Å². The lowest BCUT2D eigenvalue weighted by molar-refractivity contribution is 0.0721. The first-order valence-corrected chi connectivity index (χ1v) is 7.33. The van der Waals surface area contributed by atoms with Gasteiger partial charge in [0.05, 0.1) is 0 Å². The summed E-state index contributed by atoms with van der Waals surface area (Å²) in [5, 5.41) is 3.67. The van der Waals surface area contributed by atoms with Gasteiger partial charge in [0.15, 0.2) is 0 Å². The summed E-state index contributed by atoms with van der Waals surface area (Å²) >= 11 is 0. The highest BCUT2D eigenvalue weighted by Gasteiger charge is 2.36. The van der Waals surface area contributed by atoms with Crippen LogP contribution in [0.2, 0.25) is 0 Å². The van der Waals surface area contributed by atoms with Crippen LogP contribution in [0, 0.1) is 11.3 Å². The second-order valence-corrected chi connectivity index (χ2v) is 6.14. The van der Waals surface area contributed by atoms with Gasteiger partial charge in [-0.05, 0) is 30.6 Å². The molecule has 1 rings (SSSR count). The van der Waals surface area contributed by atoms with Crippen molar-refractivity contribution in [3.63, 3.8) is 0 Å². The molecule has 1 fully saturated rings. The molecule has 0 aromatic heterocycles. The van der Waals surface area contributed by atoms with E-state index in [2.05, 4.69) is 26.1 Å². The fourth-order valence-electron chi connectivity index (χ4n) is 3.11. The molecule has 1 aliphatic rings. The molecule has 0 amide bonds. The van der Waals surface area contributed by atoms with Gasteiger partial charge in [0.2, 0.25) is 0 Å². The van der Waals surface area contributed by atoms with Gasteiger partial charge in [-0.15, -0.1) is 0 Å². The molecule has 0 aliphatic heterocycles. The summed E-state index contributed by atoms with van der Waals surface area (Å²) in [5.41, 5.74) is 0.529. The third kappa shape index (κ3) is 4.59. The van der Waals surface area contributed by atoms with E-state index < -0.39 is 0 Å². The number of ether oxygens (including phenoxy) is 1. The van der Waals surface area contributed by atoms with Gasteiger partial charge in [-0.3, -0.25) is 0 Å². The van der Waals surface area contributed by atoms with E-state index in [1.165, 1.54) is 45.1 Å². The van der Waals surface area contributed by atoms with Crippen LogP contribution in [0.15, 0.2) is 0 Å². The summed E-state index contributed by atoms with van der Waals surface area (Å²) in [4.78, 5) is 0. The number of nitrogens with one attached hydrogen (secondary N) is 1. The number of methoxy groups -OCH3 is 1. The molecule has 1 saturated carbocycles. The molecule has 0 heterocycles. The molecule has 1 atom stereocenters. The van der Waals surface area contributed by atoms with Gasteiger partial charge < -0.3 is 10.1 Å². The Labute approximate surface area is 108 Å². The van der Waals surface area contributed by atoms with Crippen molar-refractivity contribution < 1.29 is 4.74 Å². The minimum absolute atomic E-state index is 0.529. The highest BCUT2D eigenvalue weighted by molar-refractivity contribution is 4.89. The van der Waals surface area contributed by atoms with Crippen molar-refractivity contribution in [1.82, 2.24) is 5.32 Å². The summed E-state index contributed by atoms with van der Waals surface area (Å²) in [6, 6.07) is 0.600. The van der Waals surface area contributed by atoms with E-state index in [0.29, 0.717) is 11.5 Å². The lowest BCUT2D eigenvalue weighted by Crippen LogP contribution is -2.43. The Bertz CT molecular complexity index is 197. The van der Waals surface area contributed by atoms with Gasteiger partial charge >= 0.3 is 0 Å². The van der Waals surface area contributed by atoms with Gasteiger partial charge in [0, 0.05) is 26.3 Å². The minimum atomic E-state index is 0.529. The van der Waals surface area contributed by atoms with Gasteiger partial charge in [-0.25, -0.2) is 0 Å². The smallest absolute Gasteiger partial charge is 0.0465 e. The number of hydrogen-bond donors (Lipinski definition) is 1. The van der Waals surface area contributed by atoms with Crippen molar-refractivity contribution in [1.29, 1.82) is 0 Å². The van der Waals surface area contributed by atoms with Gasteiger partial charge in [0.1, 0.15) is 0 Å². The average Bonchev–Trinajstić information content (AvgIpc) is 2.34. The molecule has 0 aromatic carbocycles. The van der Waals surface area contributed by atoms with Gasteiger partial charge in [-0.1, -0.05) is 40.0 Å². The molecular weight excluding hydrogens is 210 g/mol. The van der Waals surface area contributed by atoms with Crippen molar-refractivity contribution in [2.75, 3.05) is 20.3 Å². The SMILES string of the molecule is COCCC(C)C1(CNC(C)C)CCCCC1. The first kappa shape index (κ1) is 15.0. The Balaban J connectivity index is 2.56. The Kier molecular flexibility index (Phi) is 6.50. The highest BCUT2D eigenvalue weighted by Crippen LogP contribution is 2.43. The quantitative estimate of drug-likeness (QED) is 0.735. The third-order valence-electron chi connectivity index (χ3n) is 4.51. The maximum absolute atomic E-state index is 5.25. The second-order valence-electron chi connectivity index (χ2n) is 6.14. The summed E-state index contributed by atoms with van der Waals surface area (Å²) in [6.45, 7) is 9.01. The van der Waals surface area contributed by atoms with E-state index in [-0.39, 0.29) is 0 Å². The van der Waals surface area contributed by atoms with E-state index in [0.717, 1.165) is 12.5 Å². The van der Waals surface area contributed by atoms with Crippen LogP contribution in [0.1, 0.15) is 59.3 Å². The van der Waals surface area contributed by atoms with Crippen LogP contribution in [0.4, 0.5) is 0 Å². The Morgan fingerprint density at radius 3 is 2.29 bits per heavy atom. The Morgan fingerprint density at radius 2 is 1.76 bits per heavy atom. The van der Waals surface area contributed by atoms with Crippen LogP contribution in [0.25, 0.3) is 0 Å². The lowest BCUT2D eigenvalue weighted by Gasteiger charge is -2.43. The van der Waals surface area contributed by atoms with Crippen molar-refractivity contribution in [3.05, 3.63) is 0 Å². The van der Waals surface area contributed by atoms with Crippen LogP contribution in [-0.4, -0.2) is 26.3 Å². The second kappa shape index (κ2) is 7.38. The summed E-state index contributed by atoms with van der Waals surface area (Å²) < 4.78 is 5.25. The van der Waals surface area contributed by atoms with Crippen molar-refractivity contribution in [2.24, 2.45) is 11.3 Å². The first-order chi connectivity index (χ1) is 8.10. The van der Waals surface area contributed by atoms with Crippen LogP contribution < -0.4 is 5.32 Å². The summed E-state index contributed by atoms with van der Waals surface area (Å²) in [7, 11) is 1.81. The van der Waals surface area contributed by atoms with E-state index in [4.69, 9.17) is 4.74 Å². The Morgan fingerprint density at radius 1 is 1.12 bits per heavy atom. The Hall–Kier alpha value is -0.0800. The zero-order valence-corrected chi connectivity index (χ0v) is 12.2. The minimum Gasteiger partial charge on any atom is -0.385 e. The molecule has 1 unspecified atom stereocenters. The summed E-state index contributed by atoms with van der Waals surface area (Å²) in [5.74, 6) is 0.772. The number of rotatable bonds is 7. The average molecular weight is 241 g/mol. The fourth-order valence-corrected chi connectivity index (χ4v) is 3.11. The van der Waals surface area contributed by atoms with Crippen molar-refractivity contribution >= 4 is 0 Å². The molecule has 0 spiro atoms. The molecule has 0 saturated heterocycles. The lowest BCUT2D eigenvalue weighted by atomic mass is 9.65. The zero-order valence-electron chi connectivity index (χ0n) is 12.2. The number of hydrogen-bond acceptors (Lipinski definition) is 2. The van der Waals surface area contributed by atoms with E-state index in [9.17, 15) is 0 Å². The molecule has 0 radical (unpaired) electrons. The highest BCUT2D eigenvalue weighted by atomic mass is 16.5. The molecule has 1 aliphatic carbocycles. The molecule has 2 heteroatoms. The monoisotopic (exact) mass is 241 g/mol. The van der Waals surface area contributed by atoms with Crippen molar-refractivity contribution in [2.45, 2.75) is 65.3 Å². The normalized spacial score (nSPS) is 21.7. The first-order valence-electron chi connectivity index (χ1n) is 7.33. The van der Waals surface area contributed by atoms with Crippen LogP contribution in [0.3, 0.4) is 0 Å². The standard InChI is InChI=1S/C15H31NO/c1-13(2)16-12-15(9-6-5-7-10-15)14(3)8-11-17-4/h13-14,16H,5-12H2,1-4H3. The van der Waals surface area contributed by atoms with Crippen LogP contribution in [-0.2, 0) is 4.74 Å². The summed E-state index contributed by atoms with van der Waals surface area (Å²) in [6.07, 6.45) is 8.26. The maximum Gasteiger partial charge on any atom is 0.0465 e. The fraction of sp³-hybridized carbons (Fsp3) is 1.00. The van der Waals surface area contributed by atoms with Gasteiger partial charge in [-0.2, -0.15) is 0 Å². The predicted molar refractivity (Wildman–Crippen MR) is 74.3 cm³/mol. The van der Waals surface area contributed by atoms with E-state index >= 15 is 0 Å². The van der Waals surface area contributed by atoms with Crippen molar-refractivity contribution in [3.8, 4) is 0 Å². The predicted octanol–water partition coefficient (Wildman–Crippen LogP) is 3.61. The van der Waals surface area contributed by atoms with Gasteiger partial charge in [0.25, 0.3) is 0 Å². The third-order valence-corrected chi connectivity index (χ3v) is 4.51. The molecule has 0 bridgehead atoms.